The lowest BCUT2D eigenvalue weighted by Crippen LogP contribution is -2.46. The van der Waals surface area contributed by atoms with E-state index in [9.17, 15) is 0 Å². The second kappa shape index (κ2) is 6.27. The molecule has 0 spiro atoms. The van der Waals surface area contributed by atoms with Gasteiger partial charge in [0.1, 0.15) is 0 Å². The number of piperidine rings is 1. The standard InChI is InChI=1S/C16H31N3S/c1-15(2,3)13-6-11-20-14(18-13)17-12-16(4)7-9-19(5)10-8-16/h13H,6-12H2,1-5H3,(H,17,18). The van der Waals surface area contributed by atoms with Crippen LogP contribution >= 0.6 is 11.8 Å². The average molecular weight is 298 g/mol. The zero-order chi connectivity index (χ0) is 14.8. The quantitative estimate of drug-likeness (QED) is 0.848. The number of nitrogens with zero attached hydrogens (tertiary/aromatic N) is 2. The number of rotatable bonds is 2. The van der Waals surface area contributed by atoms with E-state index in [2.05, 4.69) is 45.0 Å². The van der Waals surface area contributed by atoms with Crippen molar-refractivity contribution >= 4 is 16.9 Å². The first-order chi connectivity index (χ1) is 9.28. The minimum absolute atomic E-state index is 0.319. The van der Waals surface area contributed by atoms with Gasteiger partial charge in [-0.05, 0) is 50.2 Å². The molecular formula is C16H31N3S. The number of thioether (sulfide) groups is 1. The van der Waals surface area contributed by atoms with Gasteiger partial charge in [-0.1, -0.05) is 39.5 Å². The molecule has 1 atom stereocenters. The Morgan fingerprint density at radius 2 is 2.00 bits per heavy atom. The highest BCUT2D eigenvalue weighted by Gasteiger charge is 2.31. The number of hydrogen-bond acceptors (Lipinski definition) is 3. The van der Waals surface area contributed by atoms with Crippen LogP contribution in [0.1, 0.15) is 47.0 Å². The SMILES string of the molecule is CN1CCC(C)(CN=C2NC(C(C)(C)C)CCS2)CC1. The molecule has 0 aromatic rings. The van der Waals surface area contributed by atoms with Gasteiger partial charge in [-0.15, -0.1) is 0 Å². The van der Waals surface area contributed by atoms with Gasteiger partial charge >= 0.3 is 0 Å². The van der Waals surface area contributed by atoms with Crippen LogP contribution in [0.5, 0.6) is 0 Å². The molecule has 1 N–H and O–H groups in total. The molecular weight excluding hydrogens is 266 g/mol. The Labute approximate surface area is 129 Å². The summed E-state index contributed by atoms with van der Waals surface area (Å²) in [4.78, 5) is 7.35. The summed E-state index contributed by atoms with van der Waals surface area (Å²) in [6.45, 7) is 12.8. The predicted molar refractivity (Wildman–Crippen MR) is 90.6 cm³/mol. The molecule has 0 bridgehead atoms. The van der Waals surface area contributed by atoms with E-state index in [0.717, 1.165) is 6.54 Å². The molecule has 116 valence electrons. The fourth-order valence-electron chi connectivity index (χ4n) is 2.86. The van der Waals surface area contributed by atoms with E-state index in [0.29, 0.717) is 16.9 Å². The molecule has 2 heterocycles. The number of aliphatic imine (C=N–C) groups is 1. The van der Waals surface area contributed by atoms with Gasteiger partial charge in [0.05, 0.1) is 0 Å². The zero-order valence-corrected chi connectivity index (χ0v) is 14.6. The van der Waals surface area contributed by atoms with Gasteiger partial charge in [0.25, 0.3) is 0 Å². The molecule has 4 heteroatoms. The first-order valence-electron chi connectivity index (χ1n) is 7.91. The summed E-state index contributed by atoms with van der Waals surface area (Å²) in [5.74, 6) is 1.20. The molecule has 0 radical (unpaired) electrons. The summed E-state index contributed by atoms with van der Waals surface area (Å²) in [6, 6.07) is 0.563. The van der Waals surface area contributed by atoms with Gasteiger partial charge in [0, 0.05) is 18.3 Å². The zero-order valence-electron chi connectivity index (χ0n) is 13.8. The van der Waals surface area contributed by atoms with Gasteiger partial charge in [-0.3, -0.25) is 4.99 Å². The van der Waals surface area contributed by atoms with E-state index >= 15 is 0 Å². The lowest BCUT2D eigenvalue weighted by molar-refractivity contribution is 0.147. The summed E-state index contributed by atoms with van der Waals surface area (Å²) in [6.07, 6.45) is 3.79. The third-order valence-corrected chi connectivity index (χ3v) is 5.75. The molecule has 20 heavy (non-hydrogen) atoms. The number of likely N-dealkylation sites (tertiary alicyclic amines) is 1. The lowest BCUT2D eigenvalue weighted by Gasteiger charge is -2.38. The summed E-state index contributed by atoms with van der Waals surface area (Å²) in [7, 11) is 2.22. The van der Waals surface area contributed by atoms with Crippen molar-refractivity contribution in [2.45, 2.75) is 53.0 Å². The summed E-state index contributed by atoms with van der Waals surface area (Å²) in [5.41, 5.74) is 0.718. The Morgan fingerprint density at radius 3 is 2.60 bits per heavy atom. The van der Waals surface area contributed by atoms with E-state index in [-0.39, 0.29) is 0 Å². The molecule has 2 fully saturated rings. The van der Waals surface area contributed by atoms with Crippen molar-refractivity contribution in [3.8, 4) is 0 Å². The number of hydrogen-bond donors (Lipinski definition) is 1. The largest absolute Gasteiger partial charge is 0.362 e. The van der Waals surface area contributed by atoms with Crippen LogP contribution in [0.15, 0.2) is 4.99 Å². The molecule has 2 rings (SSSR count). The van der Waals surface area contributed by atoms with E-state index < -0.39 is 0 Å². The maximum Gasteiger partial charge on any atom is 0.156 e. The fraction of sp³-hybridized carbons (Fsp3) is 0.938. The van der Waals surface area contributed by atoms with Gasteiger partial charge in [-0.25, -0.2) is 0 Å². The van der Waals surface area contributed by atoms with Gasteiger partial charge in [0.15, 0.2) is 5.17 Å². The van der Waals surface area contributed by atoms with Gasteiger partial charge in [0.2, 0.25) is 0 Å². The second-order valence-electron chi connectivity index (χ2n) is 7.94. The van der Waals surface area contributed by atoms with Crippen LogP contribution in [0.3, 0.4) is 0 Å². The molecule has 0 amide bonds. The topological polar surface area (TPSA) is 27.6 Å². The third kappa shape index (κ3) is 4.39. The van der Waals surface area contributed by atoms with E-state index in [1.54, 1.807) is 0 Å². The minimum Gasteiger partial charge on any atom is -0.362 e. The van der Waals surface area contributed by atoms with E-state index in [4.69, 9.17) is 4.99 Å². The Morgan fingerprint density at radius 1 is 1.35 bits per heavy atom. The average Bonchev–Trinajstić information content (AvgIpc) is 2.40. The molecule has 0 aromatic carbocycles. The maximum atomic E-state index is 4.92. The molecule has 2 aliphatic rings. The Balaban J connectivity index is 1.91. The van der Waals surface area contributed by atoms with Crippen molar-refractivity contribution in [3.05, 3.63) is 0 Å². The highest BCUT2D eigenvalue weighted by molar-refractivity contribution is 8.13. The van der Waals surface area contributed by atoms with Crippen LogP contribution < -0.4 is 5.32 Å². The van der Waals surface area contributed by atoms with E-state index in [1.165, 1.54) is 43.3 Å². The molecule has 1 unspecified atom stereocenters. The summed E-state index contributed by atoms with van der Waals surface area (Å²) in [5, 5.41) is 4.84. The summed E-state index contributed by atoms with van der Waals surface area (Å²) < 4.78 is 0. The number of nitrogens with one attached hydrogen (secondary N) is 1. The van der Waals surface area contributed by atoms with Gasteiger partial charge in [-0.2, -0.15) is 0 Å². The Hall–Kier alpha value is -0.220. The van der Waals surface area contributed by atoms with Gasteiger partial charge < -0.3 is 10.2 Å². The fourth-order valence-corrected chi connectivity index (χ4v) is 3.78. The van der Waals surface area contributed by atoms with Crippen LogP contribution in [-0.2, 0) is 0 Å². The molecule has 0 aliphatic carbocycles. The molecule has 2 saturated heterocycles. The van der Waals surface area contributed by atoms with Crippen LogP contribution in [0.2, 0.25) is 0 Å². The first kappa shape index (κ1) is 16.2. The highest BCUT2D eigenvalue weighted by atomic mass is 32.2. The lowest BCUT2D eigenvalue weighted by atomic mass is 9.80. The van der Waals surface area contributed by atoms with Crippen molar-refractivity contribution in [2.75, 3.05) is 32.4 Å². The third-order valence-electron chi connectivity index (χ3n) is 4.79. The normalized spacial score (nSPS) is 30.2. The van der Waals surface area contributed by atoms with Crippen molar-refractivity contribution in [1.82, 2.24) is 10.2 Å². The minimum atomic E-state index is 0.319. The predicted octanol–water partition coefficient (Wildman–Crippen LogP) is 3.22. The first-order valence-corrected chi connectivity index (χ1v) is 8.89. The second-order valence-corrected chi connectivity index (χ2v) is 9.02. The van der Waals surface area contributed by atoms with Crippen molar-refractivity contribution in [3.63, 3.8) is 0 Å². The van der Waals surface area contributed by atoms with Crippen molar-refractivity contribution in [2.24, 2.45) is 15.8 Å². The van der Waals surface area contributed by atoms with Crippen LogP contribution in [-0.4, -0.2) is 48.5 Å². The monoisotopic (exact) mass is 297 g/mol. The van der Waals surface area contributed by atoms with Crippen molar-refractivity contribution < 1.29 is 0 Å². The van der Waals surface area contributed by atoms with Crippen molar-refractivity contribution in [1.29, 1.82) is 0 Å². The molecule has 0 saturated carbocycles. The number of amidine groups is 1. The smallest absolute Gasteiger partial charge is 0.156 e. The Kier molecular flexibility index (Phi) is 5.06. The highest BCUT2D eigenvalue weighted by Crippen LogP contribution is 2.32. The van der Waals surface area contributed by atoms with Crippen LogP contribution in [0, 0.1) is 10.8 Å². The molecule has 3 nitrogen and oxygen atoms in total. The Bertz CT molecular complexity index is 351. The molecule has 0 aromatic heterocycles. The maximum absolute atomic E-state index is 4.92. The van der Waals surface area contributed by atoms with Crippen LogP contribution in [0.25, 0.3) is 0 Å². The van der Waals surface area contributed by atoms with E-state index in [1.807, 2.05) is 11.8 Å². The van der Waals surface area contributed by atoms with Crippen LogP contribution in [0.4, 0.5) is 0 Å². The molecule has 2 aliphatic heterocycles. The summed E-state index contributed by atoms with van der Waals surface area (Å²) >= 11 is 1.90.